The van der Waals surface area contributed by atoms with Gasteiger partial charge in [-0.05, 0) is 47.6 Å². The second-order valence-corrected chi connectivity index (χ2v) is 8.45. The minimum absolute atomic E-state index is 0. The van der Waals surface area contributed by atoms with Gasteiger partial charge in [-0.3, -0.25) is 0 Å². The number of methoxy groups -OCH3 is 3. The Hall–Kier alpha value is -0.230. The molecule has 0 N–H and O–H groups in total. The van der Waals surface area contributed by atoms with Crippen LogP contribution in [-0.4, -0.2) is 32.0 Å². The third-order valence-electron chi connectivity index (χ3n) is 4.19. The summed E-state index contributed by atoms with van der Waals surface area (Å²) in [6.45, 7) is 0. The summed E-state index contributed by atoms with van der Waals surface area (Å²) in [6, 6.07) is 8.57. The van der Waals surface area contributed by atoms with Crippen molar-refractivity contribution in [1.29, 1.82) is 0 Å². The maximum absolute atomic E-state index is 11.1. The molecule has 13 heteroatoms. The van der Waals surface area contributed by atoms with Crippen LogP contribution in [-0.2, 0) is 4.57 Å². The fourth-order valence-corrected chi connectivity index (χ4v) is 4.58. The van der Waals surface area contributed by atoms with Gasteiger partial charge in [-0.2, -0.15) is 4.37 Å². The third-order valence-corrected chi connectivity index (χ3v) is 6.02. The van der Waals surface area contributed by atoms with E-state index in [1.54, 1.807) is 24.5 Å². The molecule has 0 unspecified atom stereocenters. The van der Waals surface area contributed by atoms with Crippen molar-refractivity contribution in [2.45, 2.75) is 4.90 Å². The molecule has 1 aromatic heterocycles. The number of rotatable bonds is 8. The summed E-state index contributed by atoms with van der Waals surface area (Å²) < 4.78 is 36.5. The van der Waals surface area contributed by atoms with E-state index in [1.165, 1.54) is 50.7 Å². The van der Waals surface area contributed by atoms with Gasteiger partial charge in [0.15, 0.2) is 11.5 Å². The quantitative estimate of drug-likeness (QED) is 0.182. The van der Waals surface area contributed by atoms with E-state index in [4.69, 9.17) is 14.2 Å². The van der Waals surface area contributed by atoms with Crippen LogP contribution in [0.15, 0.2) is 40.6 Å². The Labute approximate surface area is 239 Å². The van der Waals surface area contributed by atoms with Crippen molar-refractivity contribution in [2.24, 2.45) is 0 Å². The molecule has 3 aromatic rings. The number of phosphoric acid groups is 1. The summed E-state index contributed by atoms with van der Waals surface area (Å²) in [5.41, 5.74) is 2.73. The molecule has 0 aliphatic heterocycles. The molecule has 0 amide bonds. The van der Waals surface area contributed by atoms with Crippen molar-refractivity contribution in [2.75, 3.05) is 27.6 Å². The Morgan fingerprint density at radius 1 is 0.938 bits per heavy atom. The molecule has 0 saturated carbocycles. The van der Waals surface area contributed by atoms with Gasteiger partial charge in [-0.25, -0.2) is 0 Å². The molecule has 0 atom stereocenters. The first-order valence-corrected chi connectivity index (χ1v) is 12.0. The van der Waals surface area contributed by atoms with Gasteiger partial charge >= 0.3 is 59.1 Å². The molecule has 0 radical (unpaired) electrons. The molecule has 160 valence electrons. The average molecular weight is 513 g/mol. The van der Waals surface area contributed by atoms with Gasteiger partial charge < -0.3 is 33.1 Å². The summed E-state index contributed by atoms with van der Waals surface area (Å²) in [7, 11) is -0.625. The third kappa shape index (κ3) is 6.90. The van der Waals surface area contributed by atoms with Crippen molar-refractivity contribution < 1.29 is 92.2 Å². The van der Waals surface area contributed by atoms with E-state index < -0.39 is 7.82 Å². The van der Waals surface area contributed by atoms with E-state index >= 15 is 0 Å². The maximum Gasteiger partial charge on any atom is 1.00 e. The standard InChI is InChI=1S/C19H20NO7PS2.2Na/c1-24-15-8-12(9-16(25-2)19(15)26-3)18-13(10-30-20-18)11-5-6-17(29-4)14(7-11)27-28(21,22)23;;/h5-10H,1-4H3,(H2,21,22,23);;/q;2*+1/p-2. The molecule has 8 nitrogen and oxygen atoms in total. The van der Waals surface area contributed by atoms with Crippen LogP contribution in [0.3, 0.4) is 0 Å². The van der Waals surface area contributed by atoms with Gasteiger partial charge in [-0.1, -0.05) is 6.07 Å². The van der Waals surface area contributed by atoms with Crippen LogP contribution < -0.4 is 87.6 Å². The van der Waals surface area contributed by atoms with Crippen LogP contribution in [0.2, 0.25) is 0 Å². The van der Waals surface area contributed by atoms with Gasteiger partial charge in [-0.15, -0.1) is 11.8 Å². The van der Waals surface area contributed by atoms with Crippen LogP contribution in [0, 0.1) is 0 Å². The molecule has 0 spiro atoms. The van der Waals surface area contributed by atoms with E-state index in [1.807, 2.05) is 11.4 Å². The summed E-state index contributed by atoms with van der Waals surface area (Å²) in [4.78, 5) is 22.8. The Balaban J connectivity index is 0.00000256. The number of nitrogens with zero attached hydrogens (tertiary/aromatic N) is 1. The minimum atomic E-state index is -5.20. The second-order valence-electron chi connectivity index (χ2n) is 5.89. The minimum Gasteiger partial charge on any atom is -0.780 e. The Morgan fingerprint density at radius 2 is 1.53 bits per heavy atom. The first kappa shape index (κ1) is 29.8. The summed E-state index contributed by atoms with van der Waals surface area (Å²) >= 11 is 2.51. The molecule has 0 bridgehead atoms. The average Bonchev–Trinajstić information content (AvgIpc) is 3.21. The van der Waals surface area contributed by atoms with Crippen molar-refractivity contribution in [3.8, 4) is 45.4 Å². The smallest absolute Gasteiger partial charge is 0.780 e. The van der Waals surface area contributed by atoms with E-state index in [9.17, 15) is 14.4 Å². The SMILES string of the molecule is COc1cc(-c2nscc2-c2ccc(SC)c(OP(=O)([O-])[O-])c2)cc(OC)c1OC.[Na+].[Na+]. The maximum atomic E-state index is 11.1. The first-order valence-electron chi connectivity index (χ1n) is 8.46. The number of benzene rings is 2. The number of hydrogen-bond acceptors (Lipinski definition) is 10. The predicted octanol–water partition coefficient (Wildman–Crippen LogP) is -2.56. The fraction of sp³-hybridized carbons (Fsp3) is 0.211. The number of thioether (sulfide) groups is 1. The zero-order valence-corrected chi connectivity index (χ0v) is 25.1. The number of hydrogen-bond donors (Lipinski definition) is 0. The normalized spacial score (nSPS) is 10.6. The zero-order chi connectivity index (χ0) is 21.9. The summed E-state index contributed by atoms with van der Waals surface area (Å²) in [5, 5.41) is 1.82. The largest absolute Gasteiger partial charge is 1.00 e. The number of phosphoric ester groups is 1. The van der Waals surface area contributed by atoms with E-state index in [2.05, 4.69) is 8.90 Å². The summed E-state index contributed by atoms with van der Waals surface area (Å²) in [5.74, 6) is 1.40. The van der Waals surface area contributed by atoms with Crippen LogP contribution in [0.25, 0.3) is 22.4 Å². The van der Waals surface area contributed by atoms with E-state index in [-0.39, 0.29) is 64.9 Å². The predicted molar refractivity (Wildman–Crippen MR) is 113 cm³/mol. The van der Waals surface area contributed by atoms with E-state index in [0.29, 0.717) is 33.4 Å². The van der Waals surface area contributed by atoms with Crippen LogP contribution in [0.4, 0.5) is 0 Å². The zero-order valence-electron chi connectivity index (χ0n) is 18.5. The first-order chi connectivity index (χ1) is 14.3. The second kappa shape index (κ2) is 13.0. The van der Waals surface area contributed by atoms with Crippen LogP contribution in [0.5, 0.6) is 23.0 Å². The Bertz CT molecular complexity index is 1080. The summed E-state index contributed by atoms with van der Waals surface area (Å²) in [6.07, 6.45) is 1.76. The van der Waals surface area contributed by atoms with Crippen LogP contribution >= 0.6 is 31.1 Å². The van der Waals surface area contributed by atoms with Crippen molar-refractivity contribution in [3.05, 3.63) is 35.7 Å². The number of aromatic nitrogens is 1. The molecule has 1 heterocycles. The van der Waals surface area contributed by atoms with Gasteiger partial charge in [0.05, 0.1) is 27.0 Å². The molecule has 0 saturated heterocycles. The molecule has 0 fully saturated rings. The van der Waals surface area contributed by atoms with Crippen molar-refractivity contribution >= 4 is 31.1 Å². The monoisotopic (exact) mass is 513 g/mol. The fourth-order valence-electron chi connectivity index (χ4n) is 2.90. The van der Waals surface area contributed by atoms with Crippen LogP contribution in [0.1, 0.15) is 0 Å². The van der Waals surface area contributed by atoms with Crippen molar-refractivity contribution in [1.82, 2.24) is 4.37 Å². The molecule has 0 aliphatic rings. The molecule has 2 aromatic carbocycles. The number of ether oxygens (including phenoxy) is 3. The molecule has 3 rings (SSSR count). The van der Waals surface area contributed by atoms with Gasteiger partial charge in [0, 0.05) is 21.4 Å². The van der Waals surface area contributed by atoms with Gasteiger partial charge in [0.2, 0.25) is 5.75 Å². The van der Waals surface area contributed by atoms with E-state index in [0.717, 1.165) is 11.1 Å². The Kier molecular flexibility index (Phi) is 12.1. The topological polar surface area (TPSA) is 113 Å². The Morgan fingerprint density at radius 3 is 2.03 bits per heavy atom. The molecular weight excluding hydrogens is 495 g/mol. The molecular formula is C19H18NNa2O7PS2. The van der Waals surface area contributed by atoms with Gasteiger partial charge in [0.1, 0.15) is 13.6 Å². The van der Waals surface area contributed by atoms with Crippen molar-refractivity contribution in [3.63, 3.8) is 0 Å². The van der Waals surface area contributed by atoms with Gasteiger partial charge in [0.25, 0.3) is 0 Å². The molecule has 0 aliphatic carbocycles. The molecule has 32 heavy (non-hydrogen) atoms.